The molecule has 1 heterocycles. The second kappa shape index (κ2) is 9.40. The predicted molar refractivity (Wildman–Crippen MR) is 97.0 cm³/mol. The van der Waals surface area contributed by atoms with Crippen LogP contribution < -0.4 is 15.4 Å². The van der Waals surface area contributed by atoms with Crippen molar-refractivity contribution < 1.29 is 14.3 Å². The summed E-state index contributed by atoms with van der Waals surface area (Å²) in [6.45, 7) is 3.60. The van der Waals surface area contributed by atoms with E-state index < -0.39 is 5.97 Å². The van der Waals surface area contributed by atoms with E-state index in [-0.39, 0.29) is 0 Å². The summed E-state index contributed by atoms with van der Waals surface area (Å²) in [4.78, 5) is 20.6. The monoisotopic (exact) mass is 360 g/mol. The third kappa shape index (κ3) is 4.95. The molecule has 26 heavy (non-hydrogen) atoms. The number of ether oxygens (including phenoxy) is 2. The lowest BCUT2D eigenvalue weighted by Gasteiger charge is -2.12. The van der Waals surface area contributed by atoms with Gasteiger partial charge in [0.25, 0.3) is 0 Å². The Morgan fingerprint density at radius 1 is 1.31 bits per heavy atom. The number of aryl methyl sites for hydroxylation is 1. The molecule has 0 aliphatic heterocycles. The maximum absolute atomic E-state index is 11.9. The number of rotatable bonds is 7. The summed E-state index contributed by atoms with van der Waals surface area (Å²) in [7, 11) is 4.69. The SMILES string of the molecule is CCNC(=NCc1ccc(OC)c(C(=O)OC)c1)NCc1ncnn1C. The first-order valence-corrected chi connectivity index (χ1v) is 8.19. The van der Waals surface area contributed by atoms with Gasteiger partial charge >= 0.3 is 5.97 Å². The quantitative estimate of drug-likeness (QED) is 0.429. The van der Waals surface area contributed by atoms with Crippen LogP contribution in [0, 0.1) is 0 Å². The number of guanidine groups is 1. The van der Waals surface area contributed by atoms with Gasteiger partial charge in [-0.05, 0) is 24.6 Å². The number of hydrogen-bond acceptors (Lipinski definition) is 6. The molecule has 0 fully saturated rings. The Morgan fingerprint density at radius 2 is 2.12 bits per heavy atom. The molecule has 0 saturated heterocycles. The number of carbonyl (C=O) groups is 1. The van der Waals surface area contributed by atoms with E-state index in [0.717, 1.165) is 17.9 Å². The van der Waals surface area contributed by atoms with Crippen molar-refractivity contribution >= 4 is 11.9 Å². The van der Waals surface area contributed by atoms with E-state index in [1.54, 1.807) is 16.8 Å². The van der Waals surface area contributed by atoms with Gasteiger partial charge in [0.05, 0.1) is 27.3 Å². The van der Waals surface area contributed by atoms with Gasteiger partial charge in [-0.25, -0.2) is 14.8 Å². The minimum atomic E-state index is -0.444. The molecule has 0 amide bonds. The molecule has 9 heteroatoms. The molecule has 9 nitrogen and oxygen atoms in total. The van der Waals surface area contributed by atoms with Crippen molar-refractivity contribution in [2.24, 2.45) is 12.0 Å². The number of hydrogen-bond donors (Lipinski definition) is 2. The smallest absolute Gasteiger partial charge is 0.341 e. The zero-order chi connectivity index (χ0) is 18.9. The van der Waals surface area contributed by atoms with Crippen LogP contribution in [-0.2, 0) is 24.9 Å². The fraction of sp³-hybridized carbons (Fsp3) is 0.412. The van der Waals surface area contributed by atoms with Crippen LogP contribution in [0.5, 0.6) is 5.75 Å². The lowest BCUT2D eigenvalue weighted by Crippen LogP contribution is -2.37. The highest BCUT2D eigenvalue weighted by molar-refractivity contribution is 5.92. The van der Waals surface area contributed by atoms with E-state index in [4.69, 9.17) is 9.47 Å². The number of nitrogens with zero attached hydrogens (tertiary/aromatic N) is 4. The van der Waals surface area contributed by atoms with Gasteiger partial charge in [0.2, 0.25) is 0 Å². The summed E-state index contributed by atoms with van der Waals surface area (Å²) in [6.07, 6.45) is 1.51. The fourth-order valence-corrected chi connectivity index (χ4v) is 2.28. The standard InChI is InChI=1S/C17H24N6O3/c1-5-18-17(20-10-15-21-11-22-23(15)2)19-9-12-6-7-14(25-3)13(8-12)16(24)26-4/h6-8,11H,5,9-10H2,1-4H3,(H2,18,19,20). The Bertz CT molecular complexity index is 772. The van der Waals surface area contributed by atoms with E-state index in [2.05, 4.69) is 25.7 Å². The minimum absolute atomic E-state index is 0.375. The van der Waals surface area contributed by atoms with E-state index in [0.29, 0.717) is 30.4 Å². The van der Waals surface area contributed by atoms with Crippen LogP contribution in [0.1, 0.15) is 28.7 Å². The van der Waals surface area contributed by atoms with Crippen molar-refractivity contribution in [1.29, 1.82) is 0 Å². The third-order valence-corrected chi connectivity index (χ3v) is 3.65. The van der Waals surface area contributed by atoms with Crippen LogP contribution in [0.4, 0.5) is 0 Å². The highest BCUT2D eigenvalue weighted by Gasteiger charge is 2.13. The maximum Gasteiger partial charge on any atom is 0.341 e. The summed E-state index contributed by atoms with van der Waals surface area (Å²) < 4.78 is 11.7. The largest absolute Gasteiger partial charge is 0.496 e. The van der Waals surface area contributed by atoms with Crippen molar-refractivity contribution in [2.75, 3.05) is 20.8 Å². The summed E-state index contributed by atoms with van der Waals surface area (Å²) >= 11 is 0. The summed E-state index contributed by atoms with van der Waals surface area (Å²) in [5, 5.41) is 10.4. The number of methoxy groups -OCH3 is 2. The molecular weight excluding hydrogens is 336 g/mol. The normalized spacial score (nSPS) is 11.2. The van der Waals surface area contributed by atoms with Crippen LogP contribution in [0.25, 0.3) is 0 Å². The van der Waals surface area contributed by atoms with Crippen LogP contribution in [0.15, 0.2) is 29.5 Å². The van der Waals surface area contributed by atoms with Crippen molar-refractivity contribution in [1.82, 2.24) is 25.4 Å². The summed E-state index contributed by atoms with van der Waals surface area (Å²) in [5.41, 5.74) is 1.24. The fourth-order valence-electron chi connectivity index (χ4n) is 2.28. The van der Waals surface area contributed by atoms with E-state index >= 15 is 0 Å². The number of aromatic nitrogens is 3. The first-order valence-electron chi connectivity index (χ1n) is 8.19. The van der Waals surface area contributed by atoms with Gasteiger partial charge in [0.1, 0.15) is 23.5 Å². The van der Waals surface area contributed by atoms with Gasteiger partial charge < -0.3 is 20.1 Å². The van der Waals surface area contributed by atoms with E-state index in [1.165, 1.54) is 20.5 Å². The van der Waals surface area contributed by atoms with Gasteiger partial charge in [-0.3, -0.25) is 4.68 Å². The molecule has 1 aromatic heterocycles. The topological polar surface area (TPSA) is 103 Å². The second-order valence-corrected chi connectivity index (χ2v) is 5.37. The molecule has 2 rings (SSSR count). The number of carbonyl (C=O) groups excluding carboxylic acids is 1. The second-order valence-electron chi connectivity index (χ2n) is 5.37. The zero-order valence-corrected chi connectivity index (χ0v) is 15.4. The van der Waals surface area contributed by atoms with Crippen LogP contribution >= 0.6 is 0 Å². The summed E-state index contributed by atoms with van der Waals surface area (Å²) in [6, 6.07) is 5.32. The van der Waals surface area contributed by atoms with Gasteiger partial charge in [-0.15, -0.1) is 0 Å². The summed E-state index contributed by atoms with van der Waals surface area (Å²) in [5.74, 6) is 1.47. The van der Waals surface area contributed by atoms with Crippen molar-refractivity contribution in [3.8, 4) is 5.75 Å². The Hall–Kier alpha value is -3.10. The van der Waals surface area contributed by atoms with Crippen molar-refractivity contribution in [3.63, 3.8) is 0 Å². The minimum Gasteiger partial charge on any atom is -0.496 e. The lowest BCUT2D eigenvalue weighted by molar-refractivity contribution is 0.0597. The number of aliphatic imine (C=N–C) groups is 1. The number of nitrogens with one attached hydrogen (secondary N) is 2. The van der Waals surface area contributed by atoms with Crippen molar-refractivity contribution in [3.05, 3.63) is 41.5 Å². The van der Waals surface area contributed by atoms with E-state index in [1.807, 2.05) is 20.0 Å². The predicted octanol–water partition coefficient (Wildman–Crippen LogP) is 0.866. The molecule has 0 atom stereocenters. The molecule has 2 N–H and O–H groups in total. The van der Waals surface area contributed by atoms with Crippen LogP contribution in [0.2, 0.25) is 0 Å². The van der Waals surface area contributed by atoms with Crippen LogP contribution in [0.3, 0.4) is 0 Å². The number of esters is 1. The first kappa shape index (κ1) is 19.2. The number of benzene rings is 1. The zero-order valence-electron chi connectivity index (χ0n) is 15.4. The van der Waals surface area contributed by atoms with Gasteiger partial charge in [-0.1, -0.05) is 6.07 Å². The highest BCUT2D eigenvalue weighted by Crippen LogP contribution is 2.21. The molecule has 140 valence electrons. The molecule has 0 aliphatic rings. The molecule has 0 saturated carbocycles. The molecule has 0 unspecified atom stereocenters. The van der Waals surface area contributed by atoms with Gasteiger partial charge in [0.15, 0.2) is 5.96 Å². The maximum atomic E-state index is 11.9. The average molecular weight is 360 g/mol. The van der Waals surface area contributed by atoms with E-state index in [9.17, 15) is 4.79 Å². The Labute approximate surface area is 152 Å². The van der Waals surface area contributed by atoms with Crippen LogP contribution in [-0.4, -0.2) is 47.5 Å². The Kier molecular flexibility index (Phi) is 6.95. The van der Waals surface area contributed by atoms with Gasteiger partial charge in [-0.2, -0.15) is 5.10 Å². The molecule has 1 aromatic carbocycles. The molecular formula is C17H24N6O3. The Balaban J connectivity index is 2.10. The molecule has 0 radical (unpaired) electrons. The lowest BCUT2D eigenvalue weighted by atomic mass is 10.1. The molecule has 0 spiro atoms. The Morgan fingerprint density at radius 3 is 2.73 bits per heavy atom. The molecule has 0 aliphatic carbocycles. The first-order chi connectivity index (χ1) is 12.6. The highest BCUT2D eigenvalue weighted by atomic mass is 16.5. The third-order valence-electron chi connectivity index (χ3n) is 3.65. The molecule has 0 bridgehead atoms. The van der Waals surface area contributed by atoms with Crippen molar-refractivity contribution in [2.45, 2.75) is 20.0 Å². The molecule has 2 aromatic rings. The van der Waals surface area contributed by atoms with Gasteiger partial charge in [0, 0.05) is 13.6 Å². The average Bonchev–Trinajstić information content (AvgIpc) is 3.08.